The molecular weight excluding hydrogens is 208 g/mol. The molecule has 1 rings (SSSR count). The molecule has 0 bridgehead atoms. The van der Waals surface area contributed by atoms with Crippen molar-refractivity contribution in [3.63, 3.8) is 0 Å². The van der Waals surface area contributed by atoms with E-state index in [-0.39, 0.29) is 0 Å². The first-order valence-corrected chi connectivity index (χ1v) is 7.61. The van der Waals surface area contributed by atoms with E-state index in [0.717, 1.165) is 12.0 Å². The van der Waals surface area contributed by atoms with Gasteiger partial charge in [-0.25, -0.2) is 0 Å². The molecule has 102 valence electrons. The number of hydrogen-bond donors (Lipinski definition) is 1. The van der Waals surface area contributed by atoms with Gasteiger partial charge < -0.3 is 10.2 Å². The van der Waals surface area contributed by atoms with Gasteiger partial charge in [-0.05, 0) is 51.6 Å². The van der Waals surface area contributed by atoms with Crippen LogP contribution in [0.3, 0.4) is 0 Å². The van der Waals surface area contributed by atoms with Crippen molar-refractivity contribution >= 4 is 0 Å². The van der Waals surface area contributed by atoms with E-state index in [1.165, 1.54) is 51.7 Å². The van der Waals surface area contributed by atoms with Crippen molar-refractivity contribution < 1.29 is 0 Å². The molecule has 0 aromatic carbocycles. The highest BCUT2D eigenvalue weighted by atomic mass is 15.2. The molecule has 1 aliphatic heterocycles. The van der Waals surface area contributed by atoms with E-state index in [1.54, 1.807) is 0 Å². The van der Waals surface area contributed by atoms with E-state index in [1.807, 2.05) is 0 Å². The molecular formula is C15H32N2. The van der Waals surface area contributed by atoms with E-state index in [4.69, 9.17) is 0 Å². The van der Waals surface area contributed by atoms with E-state index >= 15 is 0 Å². The van der Waals surface area contributed by atoms with Crippen LogP contribution in [0, 0.1) is 5.92 Å². The van der Waals surface area contributed by atoms with Crippen LogP contribution < -0.4 is 5.32 Å². The fourth-order valence-corrected chi connectivity index (χ4v) is 2.88. The fourth-order valence-electron chi connectivity index (χ4n) is 2.88. The summed E-state index contributed by atoms with van der Waals surface area (Å²) in [5, 5.41) is 3.50. The number of nitrogens with one attached hydrogen (secondary N) is 1. The zero-order valence-electron chi connectivity index (χ0n) is 12.3. The van der Waals surface area contributed by atoms with Gasteiger partial charge in [-0.1, -0.05) is 27.2 Å². The van der Waals surface area contributed by atoms with E-state index < -0.39 is 0 Å². The SMILES string of the molecule is CCCC1CCN(C(C)CCCNC(C)C)C1. The number of rotatable bonds is 8. The molecule has 1 saturated heterocycles. The van der Waals surface area contributed by atoms with Gasteiger partial charge in [0.15, 0.2) is 0 Å². The minimum absolute atomic E-state index is 0.631. The van der Waals surface area contributed by atoms with Crippen LogP contribution in [0.25, 0.3) is 0 Å². The maximum atomic E-state index is 3.50. The van der Waals surface area contributed by atoms with Gasteiger partial charge in [0.25, 0.3) is 0 Å². The third kappa shape index (κ3) is 5.87. The average Bonchev–Trinajstić information content (AvgIpc) is 2.73. The molecule has 1 aliphatic rings. The Hall–Kier alpha value is -0.0800. The van der Waals surface area contributed by atoms with Crippen LogP contribution in [-0.4, -0.2) is 36.6 Å². The molecule has 0 aliphatic carbocycles. The largest absolute Gasteiger partial charge is 0.315 e. The lowest BCUT2D eigenvalue weighted by molar-refractivity contribution is 0.232. The van der Waals surface area contributed by atoms with Crippen molar-refractivity contribution in [1.82, 2.24) is 10.2 Å². The van der Waals surface area contributed by atoms with Gasteiger partial charge in [0.2, 0.25) is 0 Å². The average molecular weight is 240 g/mol. The summed E-state index contributed by atoms with van der Waals surface area (Å²) in [5.41, 5.74) is 0. The molecule has 1 heterocycles. The lowest BCUT2D eigenvalue weighted by atomic mass is 10.0. The molecule has 0 aromatic rings. The third-order valence-electron chi connectivity index (χ3n) is 3.99. The molecule has 1 N–H and O–H groups in total. The molecule has 2 heteroatoms. The van der Waals surface area contributed by atoms with Gasteiger partial charge in [0, 0.05) is 18.6 Å². The Kier molecular flexibility index (Phi) is 7.14. The predicted octanol–water partition coefficient (Wildman–Crippen LogP) is 3.28. The molecule has 2 nitrogen and oxygen atoms in total. The van der Waals surface area contributed by atoms with Crippen molar-refractivity contribution in [3.05, 3.63) is 0 Å². The highest BCUT2D eigenvalue weighted by molar-refractivity contribution is 4.79. The Morgan fingerprint density at radius 2 is 2.06 bits per heavy atom. The van der Waals surface area contributed by atoms with Crippen molar-refractivity contribution in [2.24, 2.45) is 5.92 Å². The maximum absolute atomic E-state index is 3.50. The summed E-state index contributed by atoms with van der Waals surface area (Å²) in [6.45, 7) is 13.0. The number of nitrogens with zero attached hydrogens (tertiary/aromatic N) is 1. The minimum Gasteiger partial charge on any atom is -0.315 e. The summed E-state index contributed by atoms with van der Waals surface area (Å²) in [7, 11) is 0. The lowest BCUT2D eigenvalue weighted by Gasteiger charge is -2.24. The standard InChI is InChI=1S/C15H32N2/c1-5-7-15-9-11-17(12-15)14(4)8-6-10-16-13(2)3/h13-16H,5-12H2,1-4H3. The summed E-state index contributed by atoms with van der Waals surface area (Å²) in [4.78, 5) is 2.70. The van der Waals surface area contributed by atoms with Crippen molar-refractivity contribution in [1.29, 1.82) is 0 Å². The van der Waals surface area contributed by atoms with E-state index in [2.05, 4.69) is 37.9 Å². The molecule has 1 fully saturated rings. The van der Waals surface area contributed by atoms with Crippen molar-refractivity contribution in [2.75, 3.05) is 19.6 Å². The van der Waals surface area contributed by atoms with E-state index in [9.17, 15) is 0 Å². The second-order valence-corrected chi connectivity index (χ2v) is 6.04. The molecule has 2 unspecified atom stereocenters. The van der Waals surface area contributed by atoms with Crippen LogP contribution in [0.4, 0.5) is 0 Å². The Morgan fingerprint density at radius 3 is 2.71 bits per heavy atom. The van der Waals surface area contributed by atoms with Gasteiger partial charge in [-0.3, -0.25) is 0 Å². The summed E-state index contributed by atoms with van der Waals surface area (Å²) < 4.78 is 0. The highest BCUT2D eigenvalue weighted by Crippen LogP contribution is 2.23. The normalized spacial score (nSPS) is 23.5. The van der Waals surface area contributed by atoms with E-state index in [0.29, 0.717) is 6.04 Å². The molecule has 0 spiro atoms. The fraction of sp³-hybridized carbons (Fsp3) is 1.00. The summed E-state index contributed by atoms with van der Waals surface area (Å²) in [6.07, 6.45) is 6.87. The van der Waals surface area contributed by atoms with Crippen LogP contribution in [0.5, 0.6) is 0 Å². The molecule has 0 aromatic heterocycles. The summed E-state index contributed by atoms with van der Waals surface area (Å²) in [5.74, 6) is 0.983. The number of hydrogen-bond acceptors (Lipinski definition) is 2. The minimum atomic E-state index is 0.631. The molecule has 2 atom stereocenters. The Labute approximate surface area is 108 Å². The zero-order valence-corrected chi connectivity index (χ0v) is 12.3. The second kappa shape index (κ2) is 8.10. The van der Waals surface area contributed by atoms with Crippen LogP contribution >= 0.6 is 0 Å². The number of likely N-dealkylation sites (tertiary alicyclic amines) is 1. The maximum Gasteiger partial charge on any atom is 0.00675 e. The quantitative estimate of drug-likeness (QED) is 0.655. The van der Waals surface area contributed by atoms with Gasteiger partial charge in [-0.15, -0.1) is 0 Å². The van der Waals surface area contributed by atoms with Crippen molar-refractivity contribution in [2.45, 2.75) is 71.9 Å². The Morgan fingerprint density at radius 1 is 1.29 bits per heavy atom. The Bertz CT molecular complexity index is 191. The van der Waals surface area contributed by atoms with Crippen LogP contribution in [-0.2, 0) is 0 Å². The third-order valence-corrected chi connectivity index (χ3v) is 3.99. The van der Waals surface area contributed by atoms with Crippen LogP contribution in [0.1, 0.15) is 59.8 Å². The van der Waals surface area contributed by atoms with Crippen LogP contribution in [0.2, 0.25) is 0 Å². The summed E-state index contributed by atoms with van der Waals surface area (Å²) >= 11 is 0. The van der Waals surface area contributed by atoms with Gasteiger partial charge in [0.05, 0.1) is 0 Å². The highest BCUT2D eigenvalue weighted by Gasteiger charge is 2.24. The van der Waals surface area contributed by atoms with Gasteiger partial charge in [-0.2, -0.15) is 0 Å². The second-order valence-electron chi connectivity index (χ2n) is 6.04. The molecule has 0 saturated carbocycles. The molecule has 17 heavy (non-hydrogen) atoms. The summed E-state index contributed by atoms with van der Waals surface area (Å²) in [6, 6.07) is 1.41. The molecule has 0 amide bonds. The Balaban J connectivity index is 2.10. The van der Waals surface area contributed by atoms with Gasteiger partial charge in [0.1, 0.15) is 0 Å². The lowest BCUT2D eigenvalue weighted by Crippen LogP contribution is -2.32. The zero-order chi connectivity index (χ0) is 12.7. The smallest absolute Gasteiger partial charge is 0.00675 e. The first-order valence-electron chi connectivity index (χ1n) is 7.61. The predicted molar refractivity (Wildman–Crippen MR) is 76.4 cm³/mol. The first kappa shape index (κ1) is 15.0. The van der Waals surface area contributed by atoms with Gasteiger partial charge >= 0.3 is 0 Å². The topological polar surface area (TPSA) is 15.3 Å². The van der Waals surface area contributed by atoms with Crippen molar-refractivity contribution in [3.8, 4) is 0 Å². The van der Waals surface area contributed by atoms with Crippen LogP contribution in [0.15, 0.2) is 0 Å². The molecule has 0 radical (unpaired) electrons. The monoisotopic (exact) mass is 240 g/mol. The first-order chi connectivity index (χ1) is 8.13.